The quantitative estimate of drug-likeness (QED) is 0.517. The first-order chi connectivity index (χ1) is 5.61. The molecule has 0 saturated heterocycles. The van der Waals surface area contributed by atoms with Crippen molar-refractivity contribution in [3.8, 4) is 0 Å². The van der Waals surface area contributed by atoms with Crippen molar-refractivity contribution in [2.75, 3.05) is 13.2 Å². The Morgan fingerprint density at radius 2 is 2.17 bits per heavy atom. The Balaban J connectivity index is 3.77. The number of halogens is 1. The highest BCUT2D eigenvalue weighted by atomic mass is 35.5. The van der Waals surface area contributed by atoms with E-state index in [2.05, 4.69) is 5.32 Å². The molecule has 12 heavy (non-hydrogen) atoms. The number of rotatable bonds is 5. The first-order valence-corrected chi connectivity index (χ1v) is 4.21. The summed E-state index contributed by atoms with van der Waals surface area (Å²) >= 11 is 5.47. The second-order valence-corrected chi connectivity index (χ2v) is 3.17. The van der Waals surface area contributed by atoms with E-state index in [4.69, 9.17) is 21.8 Å². The molecule has 0 spiro atoms. The summed E-state index contributed by atoms with van der Waals surface area (Å²) < 4.78 is 0. The van der Waals surface area contributed by atoms with Gasteiger partial charge in [0.25, 0.3) is 0 Å². The Hall–Kier alpha value is -0.320. The third-order valence-corrected chi connectivity index (χ3v) is 1.60. The van der Waals surface area contributed by atoms with Gasteiger partial charge >= 0.3 is 0 Å². The fourth-order valence-electron chi connectivity index (χ4n) is 0.681. The maximum atomic E-state index is 11.0. The van der Waals surface area contributed by atoms with Crippen LogP contribution in [0.5, 0.6) is 0 Å². The van der Waals surface area contributed by atoms with E-state index in [0.29, 0.717) is 6.42 Å². The second-order valence-electron chi connectivity index (χ2n) is 2.52. The van der Waals surface area contributed by atoms with Gasteiger partial charge in [-0.15, -0.1) is 11.6 Å². The van der Waals surface area contributed by atoms with Crippen molar-refractivity contribution >= 4 is 17.5 Å². The zero-order valence-corrected chi connectivity index (χ0v) is 7.71. The molecule has 0 aromatic rings. The molecule has 2 unspecified atom stereocenters. The number of hydrogen-bond donors (Lipinski definition) is 3. The first-order valence-electron chi connectivity index (χ1n) is 3.78. The third kappa shape index (κ3) is 4.54. The van der Waals surface area contributed by atoms with E-state index in [1.165, 1.54) is 0 Å². The predicted molar refractivity (Wildman–Crippen MR) is 46.0 cm³/mol. The zero-order chi connectivity index (χ0) is 9.56. The van der Waals surface area contributed by atoms with Gasteiger partial charge in [0.2, 0.25) is 5.91 Å². The van der Waals surface area contributed by atoms with E-state index in [1.54, 1.807) is 6.92 Å². The lowest BCUT2D eigenvalue weighted by molar-refractivity contribution is -0.121. The molecule has 72 valence electrons. The number of carbonyl (C=O) groups excluding carboxylic acids is 1. The average Bonchev–Trinajstić information content (AvgIpc) is 2.03. The number of alkyl halides is 1. The van der Waals surface area contributed by atoms with Gasteiger partial charge in [0.15, 0.2) is 0 Å². The van der Waals surface area contributed by atoms with Crippen LogP contribution in [-0.2, 0) is 4.79 Å². The first kappa shape index (κ1) is 11.7. The molecule has 0 aromatic heterocycles. The molecule has 3 N–H and O–H groups in total. The van der Waals surface area contributed by atoms with Gasteiger partial charge in [-0.3, -0.25) is 4.79 Å². The lowest BCUT2D eigenvalue weighted by atomic mass is 10.2. The summed E-state index contributed by atoms with van der Waals surface area (Å²) in [5, 5.41) is 19.1. The van der Waals surface area contributed by atoms with Gasteiger partial charge in [0, 0.05) is 6.61 Å². The monoisotopic (exact) mass is 195 g/mol. The van der Waals surface area contributed by atoms with Crippen molar-refractivity contribution < 1.29 is 15.0 Å². The number of hydrogen-bond acceptors (Lipinski definition) is 3. The highest BCUT2D eigenvalue weighted by molar-refractivity contribution is 6.30. The average molecular weight is 196 g/mol. The largest absolute Gasteiger partial charge is 0.396 e. The van der Waals surface area contributed by atoms with Gasteiger partial charge in [-0.25, -0.2) is 0 Å². The molecule has 0 aliphatic heterocycles. The van der Waals surface area contributed by atoms with Gasteiger partial charge in [-0.1, -0.05) is 0 Å². The molecule has 1 amide bonds. The Kier molecular flexibility index (Phi) is 6.06. The van der Waals surface area contributed by atoms with E-state index < -0.39 is 11.4 Å². The van der Waals surface area contributed by atoms with Gasteiger partial charge in [-0.2, -0.15) is 0 Å². The van der Waals surface area contributed by atoms with Gasteiger partial charge in [-0.05, 0) is 13.3 Å². The minimum Gasteiger partial charge on any atom is -0.396 e. The van der Waals surface area contributed by atoms with Crippen molar-refractivity contribution in [1.29, 1.82) is 0 Å². The third-order valence-electron chi connectivity index (χ3n) is 1.41. The highest BCUT2D eigenvalue weighted by Gasteiger charge is 2.14. The normalized spacial score (nSPS) is 15.3. The molecule has 0 fully saturated rings. The van der Waals surface area contributed by atoms with Crippen LogP contribution < -0.4 is 5.32 Å². The summed E-state index contributed by atoms with van der Waals surface area (Å²) in [4.78, 5) is 11.0. The SMILES string of the molecule is CC(Cl)C(=O)NC(CO)CCO. The molecule has 0 radical (unpaired) electrons. The smallest absolute Gasteiger partial charge is 0.238 e. The fraction of sp³-hybridized carbons (Fsp3) is 0.857. The molecule has 4 nitrogen and oxygen atoms in total. The summed E-state index contributed by atoms with van der Waals surface area (Å²) in [6.45, 7) is 1.29. The van der Waals surface area contributed by atoms with Crippen LogP contribution in [-0.4, -0.2) is 40.8 Å². The van der Waals surface area contributed by atoms with Gasteiger partial charge in [0.05, 0.1) is 12.6 Å². The minimum atomic E-state index is -0.613. The Bertz CT molecular complexity index is 141. The lowest BCUT2D eigenvalue weighted by Crippen LogP contribution is -2.41. The standard InChI is InChI=1S/C7H14ClNO3/c1-5(8)7(12)9-6(4-11)2-3-10/h5-6,10-11H,2-4H2,1H3,(H,9,12). The molecule has 0 aliphatic carbocycles. The molecule has 0 saturated carbocycles. The van der Waals surface area contributed by atoms with Crippen molar-refractivity contribution in [2.24, 2.45) is 0 Å². The summed E-state index contributed by atoms with van der Waals surface area (Å²) in [5.74, 6) is -0.329. The number of aliphatic hydroxyl groups is 2. The Labute approximate surface area is 76.5 Å². The molecule has 2 atom stereocenters. The van der Waals surface area contributed by atoms with Gasteiger partial charge in [0.1, 0.15) is 5.38 Å². The van der Waals surface area contributed by atoms with Crippen LogP contribution >= 0.6 is 11.6 Å². The maximum Gasteiger partial charge on any atom is 0.238 e. The number of amides is 1. The maximum absolute atomic E-state index is 11.0. The van der Waals surface area contributed by atoms with Crippen molar-refractivity contribution in [3.63, 3.8) is 0 Å². The second kappa shape index (κ2) is 6.22. The molecule has 0 rings (SSSR count). The van der Waals surface area contributed by atoms with Crippen molar-refractivity contribution in [1.82, 2.24) is 5.32 Å². The van der Waals surface area contributed by atoms with Crippen molar-refractivity contribution in [2.45, 2.75) is 24.8 Å². The summed E-state index contributed by atoms with van der Waals surface area (Å²) in [6, 6.07) is -0.399. The molecular weight excluding hydrogens is 182 g/mol. The van der Waals surface area contributed by atoms with E-state index in [-0.39, 0.29) is 19.1 Å². The van der Waals surface area contributed by atoms with Crippen LogP contribution in [0.4, 0.5) is 0 Å². The lowest BCUT2D eigenvalue weighted by Gasteiger charge is -2.15. The predicted octanol–water partition coefficient (Wildman–Crippen LogP) is -0.527. The molecule has 0 heterocycles. The number of aliphatic hydroxyl groups excluding tert-OH is 2. The number of nitrogens with one attached hydrogen (secondary N) is 1. The molecular formula is C7H14ClNO3. The minimum absolute atomic E-state index is 0.0673. The van der Waals surface area contributed by atoms with Crippen LogP contribution in [0.1, 0.15) is 13.3 Å². The topological polar surface area (TPSA) is 69.6 Å². The Morgan fingerprint density at radius 3 is 2.50 bits per heavy atom. The molecule has 5 heteroatoms. The van der Waals surface area contributed by atoms with Crippen LogP contribution in [0.2, 0.25) is 0 Å². The van der Waals surface area contributed by atoms with E-state index in [1.807, 2.05) is 0 Å². The molecule has 0 aromatic carbocycles. The van der Waals surface area contributed by atoms with E-state index in [0.717, 1.165) is 0 Å². The highest BCUT2D eigenvalue weighted by Crippen LogP contribution is 1.96. The summed E-state index contributed by atoms with van der Waals surface area (Å²) in [6.07, 6.45) is 0.339. The van der Waals surface area contributed by atoms with Crippen LogP contribution in [0, 0.1) is 0 Å². The van der Waals surface area contributed by atoms with E-state index in [9.17, 15) is 4.79 Å². The van der Waals surface area contributed by atoms with Crippen LogP contribution in [0.15, 0.2) is 0 Å². The Morgan fingerprint density at radius 1 is 1.58 bits per heavy atom. The van der Waals surface area contributed by atoms with Crippen molar-refractivity contribution in [3.05, 3.63) is 0 Å². The zero-order valence-electron chi connectivity index (χ0n) is 6.96. The van der Waals surface area contributed by atoms with Crippen LogP contribution in [0.3, 0.4) is 0 Å². The fourth-order valence-corrected chi connectivity index (χ4v) is 0.744. The van der Waals surface area contributed by atoms with Gasteiger partial charge < -0.3 is 15.5 Å². The van der Waals surface area contributed by atoms with Crippen LogP contribution in [0.25, 0.3) is 0 Å². The summed E-state index contributed by atoms with van der Waals surface area (Å²) in [7, 11) is 0. The van der Waals surface area contributed by atoms with E-state index >= 15 is 0 Å². The molecule has 0 aliphatic rings. The number of carbonyl (C=O) groups is 1. The summed E-state index contributed by atoms with van der Waals surface area (Å²) in [5.41, 5.74) is 0. The molecule has 0 bridgehead atoms.